The first kappa shape index (κ1) is 18.8. The van der Waals surface area contributed by atoms with Gasteiger partial charge in [0, 0.05) is 11.1 Å². The summed E-state index contributed by atoms with van der Waals surface area (Å²) in [4.78, 5) is 22.7. The number of nitrogens with zero attached hydrogens (tertiary/aromatic N) is 1. The number of benzene rings is 2. The number of carboxylic acids is 1. The van der Waals surface area contributed by atoms with Crippen LogP contribution in [0.4, 0.5) is 0 Å². The van der Waals surface area contributed by atoms with E-state index in [1.807, 2.05) is 0 Å². The molecule has 0 aliphatic rings. The van der Waals surface area contributed by atoms with E-state index in [9.17, 15) is 14.7 Å². The number of carbonyl (C=O) groups excluding carboxylic acids is 2. The van der Waals surface area contributed by atoms with Crippen molar-refractivity contribution in [3.05, 3.63) is 53.6 Å². The summed E-state index contributed by atoms with van der Waals surface area (Å²) in [7, 11) is 2.98. The minimum atomic E-state index is -1.33. The molecule has 0 fully saturated rings. The maximum atomic E-state index is 12.2. The molecule has 0 atom stereocenters. The molecule has 8 heteroatoms. The van der Waals surface area contributed by atoms with Crippen molar-refractivity contribution >= 4 is 18.1 Å². The predicted molar refractivity (Wildman–Crippen MR) is 91.6 cm³/mol. The fourth-order valence-corrected chi connectivity index (χ4v) is 2.06. The minimum Gasteiger partial charge on any atom is -0.546 e. The Labute approximate surface area is 150 Å². The van der Waals surface area contributed by atoms with E-state index in [1.165, 1.54) is 26.5 Å². The van der Waals surface area contributed by atoms with Crippen LogP contribution >= 0.6 is 0 Å². The molecule has 0 unspecified atom stereocenters. The highest BCUT2D eigenvalue weighted by atomic mass is 16.5. The predicted octanol–water partition coefficient (Wildman–Crippen LogP) is 0.596. The number of rotatable bonds is 8. The monoisotopic (exact) mass is 357 g/mol. The van der Waals surface area contributed by atoms with Crippen LogP contribution in [0.15, 0.2) is 47.6 Å². The summed E-state index contributed by atoms with van der Waals surface area (Å²) in [5.74, 6) is -0.550. The van der Waals surface area contributed by atoms with Crippen molar-refractivity contribution in [3.8, 4) is 17.2 Å². The van der Waals surface area contributed by atoms with Crippen LogP contribution < -0.4 is 24.7 Å². The van der Waals surface area contributed by atoms with Gasteiger partial charge in [-0.1, -0.05) is 12.1 Å². The van der Waals surface area contributed by atoms with Crippen molar-refractivity contribution in [2.75, 3.05) is 20.8 Å². The second-order valence-electron chi connectivity index (χ2n) is 4.97. The lowest BCUT2D eigenvalue weighted by Crippen LogP contribution is -2.29. The van der Waals surface area contributed by atoms with Crippen molar-refractivity contribution < 1.29 is 28.9 Å². The Morgan fingerprint density at radius 1 is 1.08 bits per heavy atom. The van der Waals surface area contributed by atoms with Gasteiger partial charge in [-0.25, -0.2) is 5.43 Å². The van der Waals surface area contributed by atoms with E-state index in [4.69, 9.17) is 14.2 Å². The molecule has 26 heavy (non-hydrogen) atoms. The Balaban J connectivity index is 2.06. The van der Waals surface area contributed by atoms with Gasteiger partial charge >= 0.3 is 0 Å². The topological polar surface area (TPSA) is 109 Å². The van der Waals surface area contributed by atoms with E-state index in [0.29, 0.717) is 28.4 Å². The third kappa shape index (κ3) is 4.97. The molecule has 0 aromatic heterocycles. The molecule has 2 aromatic carbocycles. The van der Waals surface area contributed by atoms with Crippen LogP contribution in [-0.2, 0) is 4.79 Å². The zero-order chi connectivity index (χ0) is 18.9. The van der Waals surface area contributed by atoms with Crippen LogP contribution in [0.3, 0.4) is 0 Å². The molecule has 2 rings (SSSR count). The Kier molecular flexibility index (Phi) is 6.55. The lowest BCUT2D eigenvalue weighted by Gasteiger charge is -2.09. The zero-order valence-electron chi connectivity index (χ0n) is 14.2. The van der Waals surface area contributed by atoms with E-state index >= 15 is 0 Å². The Bertz CT molecular complexity index is 819. The van der Waals surface area contributed by atoms with Crippen LogP contribution in [0.25, 0.3) is 0 Å². The summed E-state index contributed by atoms with van der Waals surface area (Å²) in [5.41, 5.74) is 3.21. The first-order valence-electron chi connectivity index (χ1n) is 7.52. The molecule has 0 aliphatic heterocycles. The summed E-state index contributed by atoms with van der Waals surface area (Å²) in [6.07, 6.45) is 1.35. The normalized spacial score (nSPS) is 10.4. The van der Waals surface area contributed by atoms with E-state index in [0.717, 1.165) is 0 Å². The summed E-state index contributed by atoms with van der Waals surface area (Å²) in [5, 5.41) is 14.4. The highest BCUT2D eigenvalue weighted by Crippen LogP contribution is 2.27. The van der Waals surface area contributed by atoms with Crippen molar-refractivity contribution in [3.63, 3.8) is 0 Å². The molecule has 8 nitrogen and oxygen atoms in total. The van der Waals surface area contributed by atoms with Gasteiger partial charge in [-0.05, 0) is 30.3 Å². The highest BCUT2D eigenvalue weighted by Gasteiger charge is 2.10. The quantitative estimate of drug-likeness (QED) is 0.547. The summed E-state index contributed by atoms with van der Waals surface area (Å²) in [6, 6.07) is 11.4. The molecule has 0 bridgehead atoms. The number of carbonyl (C=O) groups is 2. The molecule has 1 amide bonds. The third-order valence-electron chi connectivity index (χ3n) is 3.28. The third-order valence-corrected chi connectivity index (χ3v) is 3.28. The molecule has 1 N–H and O–H groups in total. The van der Waals surface area contributed by atoms with Gasteiger partial charge in [-0.15, -0.1) is 0 Å². The maximum absolute atomic E-state index is 12.2. The Hall–Kier alpha value is -3.55. The average molecular weight is 357 g/mol. The van der Waals surface area contributed by atoms with Gasteiger partial charge in [0.25, 0.3) is 5.91 Å². The van der Waals surface area contributed by atoms with Gasteiger partial charge in [0.1, 0.15) is 12.4 Å². The molecular weight excluding hydrogens is 340 g/mol. The number of ether oxygens (including phenoxy) is 3. The minimum absolute atomic E-state index is 0.306. The molecule has 0 heterocycles. The summed E-state index contributed by atoms with van der Waals surface area (Å²) >= 11 is 0. The number of hydrogen-bond donors (Lipinski definition) is 1. The number of methoxy groups -OCH3 is 2. The fraction of sp³-hybridized carbons (Fsp3) is 0.167. The second kappa shape index (κ2) is 9.07. The van der Waals surface area contributed by atoms with Crippen molar-refractivity contribution in [2.45, 2.75) is 0 Å². The van der Waals surface area contributed by atoms with Crippen LogP contribution in [0, 0.1) is 0 Å². The highest BCUT2D eigenvalue weighted by molar-refractivity contribution is 5.95. The number of para-hydroxylation sites is 1. The van der Waals surface area contributed by atoms with Crippen LogP contribution in [0.2, 0.25) is 0 Å². The van der Waals surface area contributed by atoms with E-state index < -0.39 is 18.5 Å². The molecule has 0 saturated heterocycles. The number of aliphatic carboxylic acids is 1. The molecule has 136 valence electrons. The van der Waals surface area contributed by atoms with Gasteiger partial charge in [0.2, 0.25) is 0 Å². The van der Waals surface area contributed by atoms with Gasteiger partial charge in [0.15, 0.2) is 11.5 Å². The standard InChI is InChI=1S/C18H18N2O6/c1-24-15-8-7-12(9-16(15)25-2)18(23)20-19-10-13-5-3-4-6-14(13)26-11-17(21)22/h3-10H,11H2,1-2H3,(H,20,23)(H,21,22)/p-1/b19-10-. The van der Waals surface area contributed by atoms with Gasteiger partial charge in [0.05, 0.1) is 26.4 Å². The lowest BCUT2D eigenvalue weighted by molar-refractivity contribution is -0.307. The maximum Gasteiger partial charge on any atom is 0.271 e. The molecule has 0 spiro atoms. The Morgan fingerprint density at radius 3 is 2.50 bits per heavy atom. The number of hydrazone groups is 1. The van der Waals surface area contributed by atoms with Crippen molar-refractivity contribution in [1.82, 2.24) is 5.43 Å². The van der Waals surface area contributed by atoms with Crippen LogP contribution in [0.1, 0.15) is 15.9 Å². The van der Waals surface area contributed by atoms with Crippen molar-refractivity contribution in [2.24, 2.45) is 5.10 Å². The van der Waals surface area contributed by atoms with Gasteiger partial charge < -0.3 is 24.1 Å². The number of hydrogen-bond acceptors (Lipinski definition) is 7. The molecule has 0 saturated carbocycles. The average Bonchev–Trinajstić information content (AvgIpc) is 2.66. The fourth-order valence-electron chi connectivity index (χ4n) is 2.06. The molecule has 2 aromatic rings. The summed E-state index contributed by atoms with van der Waals surface area (Å²) in [6.45, 7) is -0.581. The first-order valence-corrected chi connectivity index (χ1v) is 7.52. The molecular formula is C18H17N2O6-. The van der Waals surface area contributed by atoms with Crippen molar-refractivity contribution in [1.29, 1.82) is 0 Å². The van der Waals surface area contributed by atoms with Gasteiger partial charge in [-0.3, -0.25) is 4.79 Å². The SMILES string of the molecule is COc1ccc(C(=O)N/N=C\c2ccccc2OCC(=O)[O-])cc1OC. The zero-order valence-corrected chi connectivity index (χ0v) is 14.2. The second-order valence-corrected chi connectivity index (χ2v) is 4.97. The molecule has 0 radical (unpaired) electrons. The number of carboxylic acid groups (broad SMARTS) is 1. The Morgan fingerprint density at radius 2 is 1.81 bits per heavy atom. The van der Waals surface area contributed by atoms with E-state index in [2.05, 4.69) is 10.5 Å². The number of nitrogens with one attached hydrogen (secondary N) is 1. The lowest BCUT2D eigenvalue weighted by atomic mass is 10.2. The molecule has 0 aliphatic carbocycles. The van der Waals surface area contributed by atoms with Gasteiger partial charge in [-0.2, -0.15) is 5.10 Å². The largest absolute Gasteiger partial charge is 0.546 e. The first-order chi connectivity index (χ1) is 12.5. The summed E-state index contributed by atoms with van der Waals surface area (Å²) < 4.78 is 15.4. The van der Waals surface area contributed by atoms with E-state index in [1.54, 1.807) is 36.4 Å². The van der Waals surface area contributed by atoms with E-state index in [-0.39, 0.29) is 0 Å². The number of amides is 1. The van der Waals surface area contributed by atoms with Crippen LogP contribution in [0.5, 0.6) is 17.2 Å². The van der Waals surface area contributed by atoms with Crippen LogP contribution in [-0.4, -0.2) is 38.9 Å². The smallest absolute Gasteiger partial charge is 0.271 e.